The van der Waals surface area contributed by atoms with Crippen LogP contribution in [0.2, 0.25) is 0 Å². The molecule has 27 heavy (non-hydrogen) atoms. The molecule has 1 atom stereocenters. The number of rotatable bonds is 4. The quantitative estimate of drug-likeness (QED) is 0.766. The summed E-state index contributed by atoms with van der Waals surface area (Å²) in [5, 5.41) is 4.31. The molecule has 0 aliphatic carbocycles. The third-order valence-corrected chi connectivity index (χ3v) is 5.05. The van der Waals surface area contributed by atoms with E-state index in [0.717, 1.165) is 35.9 Å². The summed E-state index contributed by atoms with van der Waals surface area (Å²) in [6.07, 6.45) is 7.01. The van der Waals surface area contributed by atoms with E-state index in [-0.39, 0.29) is 17.4 Å². The molecule has 4 rings (SSSR count). The number of aryl methyl sites for hydroxylation is 1. The second-order valence-electron chi connectivity index (χ2n) is 6.97. The Morgan fingerprint density at radius 2 is 2.19 bits per heavy atom. The largest absolute Gasteiger partial charge is 0.350 e. The Bertz CT molecular complexity index is 1020. The van der Waals surface area contributed by atoms with Gasteiger partial charge < -0.3 is 14.8 Å². The van der Waals surface area contributed by atoms with E-state index in [9.17, 15) is 9.18 Å². The molecular formula is C20H22FN5O. The van der Waals surface area contributed by atoms with Gasteiger partial charge in [0.25, 0.3) is 5.56 Å². The smallest absolute Gasteiger partial charge is 0.293 e. The molecule has 1 aliphatic rings. The molecule has 7 heteroatoms. The van der Waals surface area contributed by atoms with Crippen LogP contribution in [0.3, 0.4) is 0 Å². The van der Waals surface area contributed by atoms with Gasteiger partial charge in [-0.2, -0.15) is 0 Å². The standard InChI is InChI=1S/C20H22FN5O/c1-25-9-7-23-19(20(25)27)26-8-3-5-17(13-26)24-12-15-11-16(21)10-14-4-2-6-22-18(14)15/h2,4,6-7,9-11,17,24H,3,5,8,12-13H2,1H3/t17-/m0/s1. The predicted molar refractivity (Wildman–Crippen MR) is 103 cm³/mol. The molecule has 3 heterocycles. The van der Waals surface area contributed by atoms with E-state index in [1.807, 2.05) is 17.0 Å². The van der Waals surface area contributed by atoms with Gasteiger partial charge in [-0.05, 0) is 36.6 Å². The van der Waals surface area contributed by atoms with Gasteiger partial charge in [-0.3, -0.25) is 9.78 Å². The summed E-state index contributed by atoms with van der Waals surface area (Å²) < 4.78 is 15.5. The van der Waals surface area contributed by atoms with Gasteiger partial charge in [-0.25, -0.2) is 9.37 Å². The van der Waals surface area contributed by atoms with Crippen molar-refractivity contribution in [3.8, 4) is 0 Å². The number of aromatic nitrogens is 3. The topological polar surface area (TPSA) is 63.1 Å². The summed E-state index contributed by atoms with van der Waals surface area (Å²) in [4.78, 5) is 23.0. The third kappa shape index (κ3) is 3.68. The Hall–Kier alpha value is -2.80. The summed E-state index contributed by atoms with van der Waals surface area (Å²) in [5.41, 5.74) is 1.58. The molecule has 0 radical (unpaired) electrons. The third-order valence-electron chi connectivity index (χ3n) is 5.05. The van der Waals surface area contributed by atoms with Gasteiger partial charge in [0, 0.05) is 56.7 Å². The van der Waals surface area contributed by atoms with Gasteiger partial charge in [0.05, 0.1) is 5.52 Å². The maximum absolute atomic E-state index is 13.9. The molecule has 2 aromatic heterocycles. The highest BCUT2D eigenvalue weighted by Crippen LogP contribution is 2.20. The summed E-state index contributed by atoms with van der Waals surface area (Å²) in [6.45, 7) is 2.05. The Labute approximate surface area is 156 Å². The molecule has 1 fully saturated rings. The Kier molecular flexibility index (Phi) is 4.85. The maximum Gasteiger partial charge on any atom is 0.293 e. The van der Waals surface area contributed by atoms with Crippen molar-refractivity contribution in [2.24, 2.45) is 7.05 Å². The summed E-state index contributed by atoms with van der Waals surface area (Å²) in [5.74, 6) is 0.235. The van der Waals surface area contributed by atoms with Crippen LogP contribution in [-0.2, 0) is 13.6 Å². The molecule has 0 unspecified atom stereocenters. The van der Waals surface area contributed by atoms with Crippen molar-refractivity contribution in [2.45, 2.75) is 25.4 Å². The van der Waals surface area contributed by atoms with Crippen molar-refractivity contribution in [2.75, 3.05) is 18.0 Å². The number of hydrogen-bond acceptors (Lipinski definition) is 5. The van der Waals surface area contributed by atoms with E-state index >= 15 is 0 Å². The van der Waals surface area contributed by atoms with Gasteiger partial charge >= 0.3 is 0 Å². The number of anilines is 1. The second-order valence-corrected chi connectivity index (χ2v) is 6.97. The highest BCUT2D eigenvalue weighted by Gasteiger charge is 2.23. The van der Waals surface area contributed by atoms with Crippen molar-refractivity contribution < 1.29 is 4.39 Å². The lowest BCUT2D eigenvalue weighted by molar-refractivity contribution is 0.419. The highest BCUT2D eigenvalue weighted by atomic mass is 19.1. The van der Waals surface area contributed by atoms with Crippen molar-refractivity contribution in [3.05, 3.63) is 64.6 Å². The molecule has 6 nitrogen and oxygen atoms in total. The van der Waals surface area contributed by atoms with Gasteiger partial charge in [0.1, 0.15) is 5.82 Å². The zero-order chi connectivity index (χ0) is 18.8. The average Bonchev–Trinajstić information content (AvgIpc) is 2.68. The lowest BCUT2D eigenvalue weighted by atomic mass is 10.0. The molecule has 1 aromatic carbocycles. The normalized spacial score (nSPS) is 17.4. The summed E-state index contributed by atoms with van der Waals surface area (Å²) in [6, 6.07) is 6.93. The first kappa shape index (κ1) is 17.6. The minimum absolute atomic E-state index is 0.0847. The Morgan fingerprint density at radius 1 is 1.30 bits per heavy atom. The Morgan fingerprint density at radius 3 is 3.07 bits per heavy atom. The van der Waals surface area contributed by atoms with Gasteiger partial charge in [0.15, 0.2) is 5.82 Å². The lowest BCUT2D eigenvalue weighted by Crippen LogP contribution is -2.47. The number of nitrogens with zero attached hydrogens (tertiary/aromatic N) is 4. The zero-order valence-electron chi connectivity index (χ0n) is 15.2. The first-order valence-corrected chi connectivity index (χ1v) is 9.15. The molecule has 0 spiro atoms. The number of pyridine rings is 1. The van der Waals surface area contributed by atoms with Crippen LogP contribution in [0, 0.1) is 5.82 Å². The fraction of sp³-hybridized carbons (Fsp3) is 0.350. The van der Waals surface area contributed by atoms with E-state index in [1.165, 1.54) is 12.1 Å². The minimum Gasteiger partial charge on any atom is -0.350 e. The van der Waals surface area contributed by atoms with Crippen LogP contribution >= 0.6 is 0 Å². The minimum atomic E-state index is -0.255. The number of hydrogen-bond donors (Lipinski definition) is 1. The molecule has 3 aromatic rings. The molecule has 0 bridgehead atoms. The van der Waals surface area contributed by atoms with Crippen molar-refractivity contribution in [3.63, 3.8) is 0 Å². The number of benzene rings is 1. The fourth-order valence-electron chi connectivity index (χ4n) is 3.65. The molecule has 0 saturated carbocycles. The van der Waals surface area contributed by atoms with Crippen LogP contribution in [0.5, 0.6) is 0 Å². The Balaban J connectivity index is 1.49. The number of piperidine rings is 1. The van der Waals surface area contributed by atoms with Gasteiger partial charge in [0.2, 0.25) is 0 Å². The maximum atomic E-state index is 13.9. The summed E-state index contributed by atoms with van der Waals surface area (Å²) >= 11 is 0. The van der Waals surface area contributed by atoms with Gasteiger partial charge in [-0.1, -0.05) is 6.07 Å². The van der Waals surface area contributed by atoms with Gasteiger partial charge in [-0.15, -0.1) is 0 Å². The zero-order valence-corrected chi connectivity index (χ0v) is 15.2. The molecule has 140 valence electrons. The molecule has 1 N–H and O–H groups in total. The molecule has 1 aliphatic heterocycles. The van der Waals surface area contributed by atoms with Crippen LogP contribution in [0.4, 0.5) is 10.2 Å². The average molecular weight is 367 g/mol. The van der Waals surface area contributed by atoms with Crippen LogP contribution in [0.1, 0.15) is 18.4 Å². The molecule has 1 saturated heterocycles. The number of halogens is 1. The number of fused-ring (bicyclic) bond motifs is 1. The monoisotopic (exact) mass is 367 g/mol. The van der Waals surface area contributed by atoms with E-state index in [1.54, 1.807) is 30.2 Å². The van der Waals surface area contributed by atoms with Crippen LogP contribution < -0.4 is 15.8 Å². The van der Waals surface area contributed by atoms with Crippen LogP contribution in [-0.4, -0.2) is 33.7 Å². The summed E-state index contributed by atoms with van der Waals surface area (Å²) in [7, 11) is 1.73. The van der Waals surface area contributed by atoms with E-state index in [2.05, 4.69) is 15.3 Å². The predicted octanol–water partition coefficient (Wildman–Crippen LogP) is 2.23. The molecular weight excluding hydrogens is 345 g/mol. The number of nitrogens with one attached hydrogen (secondary N) is 1. The fourth-order valence-corrected chi connectivity index (χ4v) is 3.65. The van der Waals surface area contributed by atoms with Crippen molar-refractivity contribution in [1.29, 1.82) is 0 Å². The molecule has 0 amide bonds. The van der Waals surface area contributed by atoms with Crippen molar-refractivity contribution in [1.82, 2.24) is 19.9 Å². The first-order valence-electron chi connectivity index (χ1n) is 9.15. The SMILES string of the molecule is Cn1ccnc(N2CCC[C@H](NCc3cc(F)cc4cccnc34)C2)c1=O. The second kappa shape index (κ2) is 7.44. The van der Waals surface area contributed by atoms with Crippen LogP contribution in [0.15, 0.2) is 47.7 Å². The van der Waals surface area contributed by atoms with E-state index < -0.39 is 0 Å². The van der Waals surface area contributed by atoms with Crippen LogP contribution in [0.25, 0.3) is 10.9 Å². The highest BCUT2D eigenvalue weighted by molar-refractivity contribution is 5.81. The van der Waals surface area contributed by atoms with E-state index in [0.29, 0.717) is 18.9 Å². The van der Waals surface area contributed by atoms with Crippen molar-refractivity contribution >= 4 is 16.7 Å². The lowest BCUT2D eigenvalue weighted by Gasteiger charge is -2.33. The van der Waals surface area contributed by atoms with E-state index in [4.69, 9.17) is 0 Å². The first-order chi connectivity index (χ1) is 13.1.